The summed E-state index contributed by atoms with van der Waals surface area (Å²) in [5, 5.41) is 11.0. The highest BCUT2D eigenvalue weighted by atomic mass is 35.5. The van der Waals surface area contributed by atoms with Gasteiger partial charge in [-0.05, 0) is 6.92 Å². The van der Waals surface area contributed by atoms with Crippen molar-refractivity contribution in [2.75, 3.05) is 33.2 Å². The highest BCUT2D eigenvalue weighted by Crippen LogP contribution is 2.38. The van der Waals surface area contributed by atoms with E-state index in [4.69, 9.17) is 26.8 Å². The molecule has 0 saturated carbocycles. The maximum atomic E-state index is 11.2. The lowest BCUT2D eigenvalue weighted by Gasteiger charge is -2.18. The van der Waals surface area contributed by atoms with Crippen molar-refractivity contribution in [2.45, 2.75) is 12.8 Å². The fraction of sp³-hybridized carbons (Fsp3) is 0.545. The second-order valence-corrected chi connectivity index (χ2v) is 4.39. The van der Waals surface area contributed by atoms with Gasteiger partial charge in [0.1, 0.15) is 0 Å². The smallest absolute Gasteiger partial charge is 0.312 e. The second-order valence-electron chi connectivity index (χ2n) is 4.03. The predicted octanol–water partition coefficient (Wildman–Crippen LogP) is 2.33. The number of rotatable bonds is 6. The van der Waals surface area contributed by atoms with Crippen molar-refractivity contribution >= 4 is 35.4 Å². The summed E-state index contributed by atoms with van der Waals surface area (Å²) in [5.74, 6) is -0.380. The van der Waals surface area contributed by atoms with Crippen LogP contribution in [0.5, 0.6) is 0 Å². The molecule has 0 fully saturated rings. The number of nitrogens with zero attached hydrogens (tertiary/aromatic N) is 2. The number of nitro groups is 1. The molecule has 1 rings (SSSR count). The molecule has 114 valence electrons. The van der Waals surface area contributed by atoms with Gasteiger partial charge in [0.15, 0.2) is 0 Å². The van der Waals surface area contributed by atoms with Crippen LogP contribution in [-0.2, 0) is 9.47 Å². The van der Waals surface area contributed by atoms with Crippen LogP contribution in [0.15, 0.2) is 0 Å². The number of aromatic nitrogens is 1. The van der Waals surface area contributed by atoms with E-state index in [0.29, 0.717) is 11.3 Å². The lowest BCUT2D eigenvalue weighted by atomic mass is 9.97. The number of anilines is 1. The molecular weight excluding hydrogens is 309 g/mol. The van der Waals surface area contributed by atoms with Gasteiger partial charge in [0.2, 0.25) is 5.15 Å². The Morgan fingerprint density at radius 3 is 2.30 bits per heavy atom. The minimum atomic E-state index is -0.585. The van der Waals surface area contributed by atoms with Crippen LogP contribution in [0.3, 0.4) is 0 Å². The maximum Gasteiger partial charge on any atom is 0.312 e. The predicted molar refractivity (Wildman–Crippen MR) is 78.8 cm³/mol. The molecule has 1 aromatic heterocycles. The summed E-state index contributed by atoms with van der Waals surface area (Å²) in [7, 11) is 3.00. The van der Waals surface area contributed by atoms with Crippen molar-refractivity contribution in [1.29, 1.82) is 0 Å². The SMILES string of the molecule is COCC(COC)c1c(N)c(C)nc(Cl)c1[N+](=O)[O-].Cl. The van der Waals surface area contributed by atoms with E-state index >= 15 is 0 Å². The Balaban J connectivity index is 0.00000361. The Hall–Kier alpha value is -1.15. The van der Waals surface area contributed by atoms with Crippen LogP contribution in [0.2, 0.25) is 5.15 Å². The third-order valence-electron chi connectivity index (χ3n) is 2.72. The first-order valence-corrected chi connectivity index (χ1v) is 5.89. The maximum absolute atomic E-state index is 11.2. The molecule has 0 saturated heterocycles. The topological polar surface area (TPSA) is 101 Å². The summed E-state index contributed by atoms with van der Waals surface area (Å²) < 4.78 is 10.1. The van der Waals surface area contributed by atoms with Crippen molar-refractivity contribution < 1.29 is 14.4 Å². The van der Waals surface area contributed by atoms with Gasteiger partial charge in [-0.15, -0.1) is 12.4 Å². The van der Waals surface area contributed by atoms with Crippen molar-refractivity contribution in [3.8, 4) is 0 Å². The number of hydrogen-bond donors (Lipinski definition) is 1. The van der Waals surface area contributed by atoms with Crippen LogP contribution in [0.25, 0.3) is 0 Å². The Bertz CT molecular complexity index is 479. The zero-order chi connectivity index (χ0) is 14.6. The quantitative estimate of drug-likeness (QED) is 0.489. The third kappa shape index (κ3) is 3.92. The summed E-state index contributed by atoms with van der Waals surface area (Å²) in [4.78, 5) is 14.5. The first kappa shape index (κ1) is 18.9. The molecular formula is C11H17Cl2N3O4. The molecule has 1 heterocycles. The van der Waals surface area contributed by atoms with E-state index in [2.05, 4.69) is 4.98 Å². The van der Waals surface area contributed by atoms with Gasteiger partial charge in [-0.1, -0.05) is 11.6 Å². The number of aryl methyl sites for hydroxylation is 1. The van der Waals surface area contributed by atoms with Gasteiger partial charge >= 0.3 is 5.69 Å². The van der Waals surface area contributed by atoms with E-state index in [1.54, 1.807) is 6.92 Å². The standard InChI is InChI=1S/C11H16ClN3O4.ClH/c1-6-9(13)8(7(4-18-2)5-19-3)10(15(16)17)11(12)14-6;/h7H,4-5,13H2,1-3H3;1H. The zero-order valence-electron chi connectivity index (χ0n) is 11.4. The summed E-state index contributed by atoms with van der Waals surface area (Å²) in [6.07, 6.45) is 0. The second kappa shape index (κ2) is 8.21. The van der Waals surface area contributed by atoms with Crippen LogP contribution < -0.4 is 5.73 Å². The number of ether oxygens (including phenoxy) is 2. The van der Waals surface area contributed by atoms with Gasteiger partial charge in [0, 0.05) is 20.1 Å². The number of pyridine rings is 1. The summed E-state index contributed by atoms with van der Waals surface area (Å²) in [6.45, 7) is 2.11. The third-order valence-corrected chi connectivity index (χ3v) is 2.99. The van der Waals surface area contributed by atoms with E-state index in [0.717, 1.165) is 0 Å². The monoisotopic (exact) mass is 325 g/mol. The van der Waals surface area contributed by atoms with Crippen LogP contribution in [0.1, 0.15) is 17.2 Å². The molecule has 2 N–H and O–H groups in total. The first-order chi connectivity index (χ1) is 8.93. The number of nitrogens with two attached hydrogens (primary N) is 1. The van der Waals surface area contributed by atoms with Gasteiger partial charge in [-0.3, -0.25) is 10.1 Å². The summed E-state index contributed by atoms with van der Waals surface area (Å²) in [5.41, 5.74) is 6.63. The van der Waals surface area contributed by atoms with Crippen LogP contribution in [0, 0.1) is 17.0 Å². The fourth-order valence-electron chi connectivity index (χ4n) is 1.90. The molecule has 0 aliphatic rings. The minimum Gasteiger partial charge on any atom is -0.397 e. The number of halogens is 2. The van der Waals surface area contributed by atoms with Gasteiger partial charge < -0.3 is 15.2 Å². The molecule has 0 spiro atoms. The van der Waals surface area contributed by atoms with Crippen LogP contribution in [-0.4, -0.2) is 37.3 Å². The molecule has 7 nitrogen and oxygen atoms in total. The lowest BCUT2D eigenvalue weighted by Crippen LogP contribution is -2.17. The zero-order valence-corrected chi connectivity index (χ0v) is 13.0. The molecule has 0 atom stereocenters. The molecule has 0 aromatic carbocycles. The van der Waals surface area contributed by atoms with Crippen LogP contribution >= 0.6 is 24.0 Å². The highest BCUT2D eigenvalue weighted by Gasteiger charge is 2.30. The molecule has 0 amide bonds. The van der Waals surface area contributed by atoms with E-state index in [-0.39, 0.29) is 48.1 Å². The normalized spacial score (nSPS) is 10.4. The molecule has 0 bridgehead atoms. The molecule has 0 aliphatic heterocycles. The Morgan fingerprint density at radius 2 is 1.90 bits per heavy atom. The summed E-state index contributed by atoms with van der Waals surface area (Å²) in [6, 6.07) is 0. The van der Waals surface area contributed by atoms with Crippen molar-refractivity contribution in [3.63, 3.8) is 0 Å². The molecule has 0 aliphatic carbocycles. The average molecular weight is 326 g/mol. The van der Waals surface area contributed by atoms with Gasteiger partial charge in [-0.2, -0.15) is 0 Å². The molecule has 20 heavy (non-hydrogen) atoms. The summed E-state index contributed by atoms with van der Waals surface area (Å²) >= 11 is 5.86. The molecule has 9 heteroatoms. The van der Waals surface area contributed by atoms with Crippen molar-refractivity contribution in [1.82, 2.24) is 4.98 Å². The number of methoxy groups -OCH3 is 2. The van der Waals surface area contributed by atoms with E-state index in [9.17, 15) is 10.1 Å². The van der Waals surface area contributed by atoms with E-state index in [1.165, 1.54) is 14.2 Å². The average Bonchev–Trinajstić information content (AvgIpc) is 2.32. The van der Waals surface area contributed by atoms with Crippen LogP contribution in [0.4, 0.5) is 11.4 Å². The molecule has 1 aromatic rings. The van der Waals surface area contributed by atoms with Crippen molar-refractivity contribution in [2.24, 2.45) is 0 Å². The number of hydrogen-bond acceptors (Lipinski definition) is 6. The Morgan fingerprint density at radius 1 is 1.40 bits per heavy atom. The van der Waals surface area contributed by atoms with E-state index < -0.39 is 4.92 Å². The molecule has 0 unspecified atom stereocenters. The Kier molecular flexibility index (Phi) is 7.74. The fourth-order valence-corrected chi connectivity index (χ4v) is 2.20. The first-order valence-electron chi connectivity index (χ1n) is 5.51. The Labute approximate surface area is 128 Å². The lowest BCUT2D eigenvalue weighted by molar-refractivity contribution is -0.385. The number of nitrogen functional groups attached to an aromatic ring is 1. The highest BCUT2D eigenvalue weighted by molar-refractivity contribution is 6.31. The van der Waals surface area contributed by atoms with Crippen molar-refractivity contribution in [3.05, 3.63) is 26.5 Å². The van der Waals surface area contributed by atoms with E-state index in [1.807, 2.05) is 0 Å². The van der Waals surface area contributed by atoms with Gasteiger partial charge in [-0.25, -0.2) is 4.98 Å². The van der Waals surface area contributed by atoms with Gasteiger partial charge in [0.25, 0.3) is 0 Å². The van der Waals surface area contributed by atoms with Gasteiger partial charge in [0.05, 0.1) is 35.1 Å². The largest absolute Gasteiger partial charge is 0.397 e. The minimum absolute atomic E-state index is 0. The molecule has 0 radical (unpaired) electrons.